The van der Waals surface area contributed by atoms with Crippen molar-refractivity contribution in [2.75, 3.05) is 9.80 Å². The number of hydrogen-bond acceptors (Lipinski definition) is 6. The molecule has 0 radical (unpaired) electrons. The molecule has 8 atom stereocenters. The highest BCUT2D eigenvalue weighted by atomic mass is 16.3. The van der Waals surface area contributed by atoms with E-state index >= 15 is 0 Å². The van der Waals surface area contributed by atoms with Crippen LogP contribution in [0, 0.1) is 47.3 Å². The van der Waals surface area contributed by atoms with Gasteiger partial charge in [0.25, 0.3) is 0 Å². The number of hydrogen-bond donors (Lipinski definition) is 0. The molecule has 39 heavy (non-hydrogen) atoms. The minimum atomic E-state index is -0.257. The topological polar surface area (TPSA) is 101 Å². The van der Waals surface area contributed by atoms with E-state index in [1.54, 1.807) is 42.5 Å². The van der Waals surface area contributed by atoms with Gasteiger partial charge in [-0.25, -0.2) is 9.88 Å². The van der Waals surface area contributed by atoms with E-state index in [4.69, 9.17) is 4.42 Å². The van der Waals surface area contributed by atoms with Crippen LogP contribution in [-0.2, 0) is 19.2 Å². The summed E-state index contributed by atoms with van der Waals surface area (Å²) in [6.07, 6.45) is 10.1. The summed E-state index contributed by atoms with van der Waals surface area (Å²) in [5.41, 5.74) is 2.85. The first kappa shape index (κ1) is 21.6. The first-order valence-corrected chi connectivity index (χ1v) is 13.6. The number of carbonyl (C=O) groups is 4. The Balaban J connectivity index is 0.997. The Hall–Kier alpha value is -4.33. The van der Waals surface area contributed by atoms with Gasteiger partial charge in [0.05, 0.1) is 35.0 Å². The molecule has 2 aliphatic heterocycles. The number of aromatic nitrogens is 1. The van der Waals surface area contributed by atoms with Crippen molar-refractivity contribution >= 4 is 46.1 Å². The number of benzene rings is 2. The molecule has 0 spiro atoms. The molecule has 9 rings (SSSR count). The van der Waals surface area contributed by atoms with Crippen molar-refractivity contribution in [3.8, 4) is 11.5 Å². The summed E-state index contributed by atoms with van der Waals surface area (Å²) < 4.78 is 6.05. The fourth-order valence-electron chi connectivity index (χ4n) is 8.24. The highest BCUT2D eigenvalue weighted by molar-refractivity contribution is 6.24. The Morgan fingerprint density at radius 2 is 1.08 bits per heavy atom. The molecule has 6 aliphatic rings. The summed E-state index contributed by atoms with van der Waals surface area (Å²) in [6, 6.07) is 12.3. The summed E-state index contributed by atoms with van der Waals surface area (Å²) in [6.45, 7) is 0. The summed E-state index contributed by atoms with van der Waals surface area (Å²) >= 11 is 0. The quantitative estimate of drug-likeness (QED) is 0.383. The van der Waals surface area contributed by atoms with Gasteiger partial charge >= 0.3 is 0 Å². The van der Waals surface area contributed by atoms with E-state index < -0.39 is 0 Å². The van der Waals surface area contributed by atoms with E-state index in [1.165, 1.54) is 9.80 Å². The average molecular weight is 518 g/mol. The van der Waals surface area contributed by atoms with Crippen LogP contribution in [0.5, 0.6) is 0 Å². The van der Waals surface area contributed by atoms with Crippen molar-refractivity contribution in [1.82, 2.24) is 4.98 Å². The number of allylic oxidation sites excluding steroid dienone is 4. The lowest BCUT2D eigenvalue weighted by Crippen LogP contribution is -2.32. The van der Waals surface area contributed by atoms with Crippen LogP contribution >= 0.6 is 0 Å². The average Bonchev–Trinajstić information content (AvgIpc) is 3.79. The molecule has 2 saturated heterocycles. The lowest BCUT2D eigenvalue weighted by molar-refractivity contribution is -0.124. The number of oxazole rings is 1. The van der Waals surface area contributed by atoms with E-state index in [9.17, 15) is 19.2 Å². The van der Waals surface area contributed by atoms with Gasteiger partial charge < -0.3 is 4.42 Å². The molecule has 3 aromatic rings. The number of carbonyl (C=O) groups excluding carboxylic acids is 4. The Morgan fingerprint density at radius 3 is 1.59 bits per heavy atom. The minimum absolute atomic E-state index is 0.108. The van der Waals surface area contributed by atoms with Gasteiger partial charge in [-0.05, 0) is 72.9 Å². The second kappa shape index (κ2) is 7.20. The second-order valence-corrected chi connectivity index (χ2v) is 11.7. The maximum absolute atomic E-state index is 13.2. The molecule has 4 fully saturated rings. The lowest BCUT2D eigenvalue weighted by Gasteiger charge is -2.17. The van der Waals surface area contributed by atoms with Crippen LogP contribution in [0.3, 0.4) is 0 Å². The predicted octanol–water partition coefficient (Wildman–Crippen LogP) is 4.12. The van der Waals surface area contributed by atoms with Crippen molar-refractivity contribution in [3.05, 3.63) is 66.8 Å². The minimum Gasteiger partial charge on any atom is -0.436 e. The third-order valence-electron chi connectivity index (χ3n) is 9.94. The van der Waals surface area contributed by atoms with Crippen molar-refractivity contribution < 1.29 is 23.6 Å². The van der Waals surface area contributed by atoms with Crippen molar-refractivity contribution in [2.24, 2.45) is 47.3 Å². The maximum atomic E-state index is 13.2. The van der Waals surface area contributed by atoms with Crippen LogP contribution in [0.15, 0.2) is 71.2 Å². The molecule has 4 bridgehead atoms. The van der Waals surface area contributed by atoms with Crippen molar-refractivity contribution in [1.29, 1.82) is 0 Å². The fourth-order valence-corrected chi connectivity index (χ4v) is 8.24. The molecular formula is C31H23N3O5. The molecule has 0 unspecified atom stereocenters. The van der Waals surface area contributed by atoms with Crippen LogP contribution in [0.1, 0.15) is 12.8 Å². The standard InChI is InChI=1S/C31H23N3O5/c35-28-23-15-1-2-16(11-15)24(23)29(36)33(28)19-7-5-14(6-8-19)27-32-21-10-9-20(13-22(21)39-27)34-30(37)25-17-3-4-18(12-17)26(25)31(34)38/h1-10,13,15-18,23-26H,11-12H2/t15-,16-,17-,18-,23+,24+,25-,26+/m0/s1. The van der Waals surface area contributed by atoms with Gasteiger partial charge in [0, 0.05) is 11.6 Å². The van der Waals surface area contributed by atoms with Gasteiger partial charge in [-0.3, -0.25) is 24.1 Å². The Labute approximate surface area is 223 Å². The van der Waals surface area contributed by atoms with Crippen molar-refractivity contribution in [3.63, 3.8) is 0 Å². The SMILES string of the molecule is O=C1[C@@H]2[C@H](C(=O)N1c1ccc3nc(-c4ccc(N5C(=O)[C@H]6[C@H](C5=O)[C@H]5C=C[C@H]6C5)cc4)oc3c1)[C@H]1C=C[C@H]2C1. The van der Waals surface area contributed by atoms with Gasteiger partial charge in [0.1, 0.15) is 5.52 Å². The molecule has 4 amide bonds. The summed E-state index contributed by atoms with van der Waals surface area (Å²) in [5, 5.41) is 0. The first-order chi connectivity index (χ1) is 19.0. The van der Waals surface area contributed by atoms with Crippen LogP contribution in [0.2, 0.25) is 0 Å². The molecule has 4 aliphatic carbocycles. The van der Waals surface area contributed by atoms with Gasteiger partial charge in [-0.15, -0.1) is 0 Å². The van der Waals surface area contributed by atoms with E-state index in [1.807, 2.05) is 0 Å². The lowest BCUT2D eigenvalue weighted by atomic mass is 9.85. The molecule has 2 saturated carbocycles. The molecule has 1 aromatic heterocycles. The number of amides is 4. The van der Waals surface area contributed by atoms with Crippen LogP contribution in [0.4, 0.5) is 11.4 Å². The fraction of sp³-hybridized carbons (Fsp3) is 0.323. The molecule has 8 heteroatoms. The number of rotatable bonds is 3. The van der Waals surface area contributed by atoms with E-state index in [0.717, 1.165) is 12.8 Å². The monoisotopic (exact) mass is 517 g/mol. The van der Waals surface area contributed by atoms with E-state index in [2.05, 4.69) is 29.3 Å². The van der Waals surface area contributed by atoms with Crippen molar-refractivity contribution in [2.45, 2.75) is 12.8 Å². The second-order valence-electron chi connectivity index (χ2n) is 11.7. The zero-order chi connectivity index (χ0) is 26.2. The van der Waals surface area contributed by atoms with Gasteiger partial charge in [0.2, 0.25) is 29.5 Å². The summed E-state index contributed by atoms with van der Waals surface area (Å²) in [5.74, 6) is -0.435. The zero-order valence-corrected chi connectivity index (χ0v) is 20.8. The highest BCUT2D eigenvalue weighted by Crippen LogP contribution is 2.54. The number of nitrogens with zero attached hydrogens (tertiary/aromatic N) is 3. The molecule has 2 aromatic carbocycles. The van der Waals surface area contributed by atoms with E-state index in [-0.39, 0.29) is 71.0 Å². The number of fused-ring (bicyclic) bond motifs is 11. The molecular weight excluding hydrogens is 494 g/mol. The number of imide groups is 2. The third-order valence-corrected chi connectivity index (χ3v) is 9.94. The molecule has 3 heterocycles. The zero-order valence-electron chi connectivity index (χ0n) is 20.8. The predicted molar refractivity (Wildman–Crippen MR) is 140 cm³/mol. The maximum Gasteiger partial charge on any atom is 0.238 e. The van der Waals surface area contributed by atoms with Crippen LogP contribution in [-0.4, -0.2) is 28.6 Å². The van der Waals surface area contributed by atoms with Gasteiger partial charge in [0.15, 0.2) is 5.58 Å². The van der Waals surface area contributed by atoms with Gasteiger partial charge in [-0.2, -0.15) is 0 Å². The normalized spacial score (nSPS) is 35.4. The highest BCUT2D eigenvalue weighted by Gasteiger charge is 2.60. The third kappa shape index (κ3) is 2.66. The molecule has 192 valence electrons. The Kier molecular flexibility index (Phi) is 3.98. The Bertz CT molecular complexity index is 1660. The first-order valence-electron chi connectivity index (χ1n) is 13.6. The molecule has 0 N–H and O–H groups in total. The van der Waals surface area contributed by atoms with Crippen LogP contribution < -0.4 is 9.80 Å². The smallest absolute Gasteiger partial charge is 0.238 e. The Morgan fingerprint density at radius 1 is 0.615 bits per heavy atom. The summed E-state index contributed by atoms with van der Waals surface area (Å²) in [4.78, 5) is 59.9. The van der Waals surface area contributed by atoms with Crippen LogP contribution in [0.25, 0.3) is 22.6 Å². The molecule has 8 nitrogen and oxygen atoms in total. The summed E-state index contributed by atoms with van der Waals surface area (Å²) in [7, 11) is 0. The van der Waals surface area contributed by atoms with Gasteiger partial charge in [-0.1, -0.05) is 24.3 Å². The van der Waals surface area contributed by atoms with E-state index in [0.29, 0.717) is 33.9 Å². The largest absolute Gasteiger partial charge is 0.436 e. The number of anilines is 2.